The summed E-state index contributed by atoms with van der Waals surface area (Å²) >= 11 is 0. The molecule has 1 aliphatic rings. The van der Waals surface area contributed by atoms with Crippen LogP contribution in [0.4, 0.5) is 0 Å². The van der Waals surface area contributed by atoms with Crippen LogP contribution in [0.25, 0.3) is 0 Å². The van der Waals surface area contributed by atoms with Gasteiger partial charge in [-0.1, -0.05) is 40.0 Å². The minimum Gasteiger partial charge on any atom is -0.315 e. The third-order valence-corrected chi connectivity index (χ3v) is 5.33. The van der Waals surface area contributed by atoms with E-state index in [4.69, 9.17) is 0 Å². The van der Waals surface area contributed by atoms with E-state index in [0.717, 1.165) is 5.92 Å². The smallest absolute Gasteiger partial charge is 0.0220 e. The maximum atomic E-state index is 3.61. The Bertz CT molecular complexity index is 235. The number of rotatable bonds is 11. The highest BCUT2D eigenvalue weighted by Crippen LogP contribution is 2.26. The van der Waals surface area contributed by atoms with Crippen molar-refractivity contribution in [3.05, 3.63) is 0 Å². The van der Waals surface area contributed by atoms with Gasteiger partial charge in [-0.25, -0.2) is 0 Å². The molecule has 1 atom stereocenters. The van der Waals surface area contributed by atoms with E-state index in [-0.39, 0.29) is 0 Å². The second-order valence-corrected chi connectivity index (χ2v) is 6.57. The van der Waals surface area contributed by atoms with E-state index in [1.807, 2.05) is 0 Å². The summed E-state index contributed by atoms with van der Waals surface area (Å²) < 4.78 is 0. The highest BCUT2D eigenvalue weighted by molar-refractivity contribution is 4.81. The lowest BCUT2D eigenvalue weighted by molar-refractivity contribution is 0.184. The Hall–Kier alpha value is -0.120. The van der Waals surface area contributed by atoms with Crippen molar-refractivity contribution in [2.45, 2.75) is 65.3 Å². The fourth-order valence-corrected chi connectivity index (χ4v) is 3.73. The van der Waals surface area contributed by atoms with E-state index in [1.165, 1.54) is 77.8 Å². The van der Waals surface area contributed by atoms with Crippen molar-refractivity contribution in [3.63, 3.8) is 0 Å². The van der Waals surface area contributed by atoms with Gasteiger partial charge in [0.15, 0.2) is 0 Å². The molecular weight excluding hydrogens is 258 g/mol. The summed E-state index contributed by atoms with van der Waals surface area (Å²) in [7, 11) is 2.16. The standard InChI is InChI=1S/C18H39N3/c1-5-20(6-2)14-11-15-21(7-3)16-18(19-4)17-12-9-8-10-13-17/h17-19H,5-16H2,1-4H3. The molecule has 3 heteroatoms. The van der Waals surface area contributed by atoms with Crippen molar-refractivity contribution in [3.8, 4) is 0 Å². The first-order chi connectivity index (χ1) is 10.2. The van der Waals surface area contributed by atoms with Crippen molar-refractivity contribution < 1.29 is 0 Å². The van der Waals surface area contributed by atoms with Gasteiger partial charge in [-0.05, 0) is 65.0 Å². The molecule has 126 valence electrons. The Morgan fingerprint density at radius 2 is 1.48 bits per heavy atom. The van der Waals surface area contributed by atoms with E-state index < -0.39 is 0 Å². The Labute approximate surface area is 133 Å². The van der Waals surface area contributed by atoms with Gasteiger partial charge in [-0.15, -0.1) is 0 Å². The maximum Gasteiger partial charge on any atom is 0.0220 e. The van der Waals surface area contributed by atoms with Crippen LogP contribution in [-0.4, -0.2) is 62.2 Å². The molecule has 0 spiro atoms. The van der Waals surface area contributed by atoms with Crippen molar-refractivity contribution in [1.29, 1.82) is 0 Å². The molecule has 1 rings (SSSR count). The van der Waals surface area contributed by atoms with Crippen LogP contribution in [0.2, 0.25) is 0 Å². The second kappa shape index (κ2) is 11.4. The Morgan fingerprint density at radius 3 is 2.00 bits per heavy atom. The zero-order chi connectivity index (χ0) is 15.5. The summed E-state index contributed by atoms with van der Waals surface area (Å²) in [6.07, 6.45) is 8.50. The molecule has 1 unspecified atom stereocenters. The highest BCUT2D eigenvalue weighted by Gasteiger charge is 2.23. The molecular formula is C18H39N3. The van der Waals surface area contributed by atoms with Crippen LogP contribution in [0.1, 0.15) is 59.3 Å². The lowest BCUT2D eigenvalue weighted by atomic mass is 9.83. The van der Waals surface area contributed by atoms with Gasteiger partial charge >= 0.3 is 0 Å². The first-order valence-electron chi connectivity index (χ1n) is 9.37. The normalized spacial score (nSPS) is 18.6. The van der Waals surface area contributed by atoms with E-state index >= 15 is 0 Å². The van der Waals surface area contributed by atoms with Crippen LogP contribution in [-0.2, 0) is 0 Å². The summed E-state index contributed by atoms with van der Waals surface area (Å²) in [5.74, 6) is 0.903. The maximum absolute atomic E-state index is 3.61. The number of likely N-dealkylation sites (N-methyl/N-ethyl adjacent to an activating group) is 2. The van der Waals surface area contributed by atoms with Gasteiger partial charge < -0.3 is 15.1 Å². The van der Waals surface area contributed by atoms with Gasteiger partial charge in [0.2, 0.25) is 0 Å². The van der Waals surface area contributed by atoms with Gasteiger partial charge in [0.05, 0.1) is 0 Å². The lowest BCUT2D eigenvalue weighted by Gasteiger charge is -2.34. The summed E-state index contributed by atoms with van der Waals surface area (Å²) in [6.45, 7) is 14.1. The lowest BCUT2D eigenvalue weighted by Crippen LogP contribution is -2.45. The van der Waals surface area contributed by atoms with Crippen LogP contribution in [0.3, 0.4) is 0 Å². The third-order valence-electron chi connectivity index (χ3n) is 5.33. The fourth-order valence-electron chi connectivity index (χ4n) is 3.73. The molecule has 3 nitrogen and oxygen atoms in total. The van der Waals surface area contributed by atoms with Crippen LogP contribution in [0.5, 0.6) is 0 Å². The molecule has 0 aliphatic heterocycles. The summed E-state index contributed by atoms with van der Waals surface area (Å²) in [5, 5.41) is 3.61. The molecule has 1 N–H and O–H groups in total. The predicted octanol–water partition coefficient (Wildman–Crippen LogP) is 3.21. The number of nitrogens with one attached hydrogen (secondary N) is 1. The first kappa shape index (κ1) is 18.9. The molecule has 0 radical (unpaired) electrons. The Balaban J connectivity index is 2.32. The third kappa shape index (κ3) is 7.12. The van der Waals surface area contributed by atoms with E-state index in [2.05, 4.69) is 42.9 Å². The molecule has 1 fully saturated rings. The highest BCUT2D eigenvalue weighted by atomic mass is 15.2. The quantitative estimate of drug-likeness (QED) is 0.632. The number of hydrogen-bond acceptors (Lipinski definition) is 3. The second-order valence-electron chi connectivity index (χ2n) is 6.57. The van der Waals surface area contributed by atoms with Gasteiger partial charge in [0.1, 0.15) is 0 Å². The Kier molecular flexibility index (Phi) is 10.3. The van der Waals surface area contributed by atoms with Gasteiger partial charge in [0.25, 0.3) is 0 Å². The molecule has 1 aliphatic carbocycles. The SMILES string of the molecule is CCN(CC)CCCN(CC)CC(NC)C1CCCCC1. The Morgan fingerprint density at radius 1 is 0.905 bits per heavy atom. The molecule has 0 amide bonds. The minimum atomic E-state index is 0.693. The molecule has 0 aromatic carbocycles. The molecule has 0 heterocycles. The van der Waals surface area contributed by atoms with Gasteiger partial charge in [-0.3, -0.25) is 0 Å². The summed E-state index contributed by atoms with van der Waals surface area (Å²) in [6, 6.07) is 0.693. The van der Waals surface area contributed by atoms with Crippen LogP contribution >= 0.6 is 0 Å². The minimum absolute atomic E-state index is 0.693. The number of nitrogens with zero attached hydrogens (tertiary/aromatic N) is 2. The van der Waals surface area contributed by atoms with E-state index in [0.29, 0.717) is 6.04 Å². The van der Waals surface area contributed by atoms with Gasteiger partial charge in [0, 0.05) is 12.6 Å². The largest absolute Gasteiger partial charge is 0.315 e. The van der Waals surface area contributed by atoms with Crippen LogP contribution in [0.15, 0.2) is 0 Å². The zero-order valence-corrected chi connectivity index (χ0v) is 15.0. The van der Waals surface area contributed by atoms with Crippen molar-refractivity contribution in [2.75, 3.05) is 46.3 Å². The first-order valence-corrected chi connectivity index (χ1v) is 9.37. The van der Waals surface area contributed by atoms with Crippen molar-refractivity contribution >= 4 is 0 Å². The van der Waals surface area contributed by atoms with Crippen LogP contribution in [0, 0.1) is 5.92 Å². The molecule has 1 saturated carbocycles. The van der Waals surface area contributed by atoms with E-state index in [9.17, 15) is 0 Å². The fraction of sp³-hybridized carbons (Fsp3) is 1.00. The molecule has 21 heavy (non-hydrogen) atoms. The topological polar surface area (TPSA) is 18.5 Å². The molecule has 0 saturated heterocycles. The molecule has 0 aromatic rings. The summed E-state index contributed by atoms with van der Waals surface area (Å²) in [5.41, 5.74) is 0. The number of hydrogen-bond donors (Lipinski definition) is 1. The summed E-state index contributed by atoms with van der Waals surface area (Å²) in [4.78, 5) is 5.18. The molecule has 0 aromatic heterocycles. The molecule has 0 bridgehead atoms. The van der Waals surface area contributed by atoms with Gasteiger partial charge in [-0.2, -0.15) is 0 Å². The van der Waals surface area contributed by atoms with Crippen molar-refractivity contribution in [1.82, 2.24) is 15.1 Å². The van der Waals surface area contributed by atoms with Crippen molar-refractivity contribution in [2.24, 2.45) is 5.92 Å². The van der Waals surface area contributed by atoms with E-state index in [1.54, 1.807) is 0 Å². The van der Waals surface area contributed by atoms with Crippen LogP contribution < -0.4 is 5.32 Å². The monoisotopic (exact) mass is 297 g/mol. The zero-order valence-electron chi connectivity index (χ0n) is 15.0. The average Bonchev–Trinajstić information content (AvgIpc) is 2.55. The predicted molar refractivity (Wildman–Crippen MR) is 93.9 cm³/mol. The average molecular weight is 298 g/mol.